The fraction of sp³-hybridized carbons (Fsp3) is 0.267. The zero-order chi connectivity index (χ0) is 13.4. The van der Waals surface area contributed by atoms with Gasteiger partial charge in [-0.2, -0.15) is 0 Å². The number of hydrogen-bond donors (Lipinski definition) is 0. The smallest absolute Gasteiger partial charge is 0.254 e. The first-order valence-corrected chi connectivity index (χ1v) is 8.25. The van der Waals surface area contributed by atoms with Gasteiger partial charge in [0.25, 0.3) is 5.91 Å². The lowest BCUT2D eigenvalue weighted by Gasteiger charge is -2.33. The first-order valence-electron chi connectivity index (χ1n) is 6.29. The summed E-state index contributed by atoms with van der Waals surface area (Å²) in [5.74, 6) is 0.142. The molecule has 1 aromatic carbocycles. The van der Waals surface area contributed by atoms with Crippen LogP contribution in [-0.4, -0.2) is 17.4 Å². The molecular weight excluding hydrogens is 369 g/mol. The third-order valence-corrected chi connectivity index (χ3v) is 5.28. The van der Waals surface area contributed by atoms with Gasteiger partial charge in [-0.25, -0.2) is 0 Å². The predicted molar refractivity (Wildman–Crippen MR) is 86.6 cm³/mol. The lowest BCUT2D eigenvalue weighted by atomic mass is 10.0. The number of nitrogens with zero attached hydrogens (tertiary/aromatic N) is 1. The van der Waals surface area contributed by atoms with Crippen LogP contribution in [0.4, 0.5) is 0 Å². The number of hydrogen-bond acceptors (Lipinski definition) is 2. The van der Waals surface area contributed by atoms with Crippen LogP contribution < -0.4 is 0 Å². The number of thiophene rings is 1. The van der Waals surface area contributed by atoms with Crippen molar-refractivity contribution < 1.29 is 4.79 Å². The maximum atomic E-state index is 12.6. The molecule has 2 heterocycles. The Morgan fingerprint density at radius 2 is 2.26 bits per heavy atom. The van der Waals surface area contributed by atoms with Crippen LogP contribution in [0.5, 0.6) is 0 Å². The van der Waals surface area contributed by atoms with Gasteiger partial charge in [0, 0.05) is 20.6 Å². The minimum atomic E-state index is 0.142. The van der Waals surface area contributed by atoms with Crippen molar-refractivity contribution in [3.05, 3.63) is 55.3 Å². The Balaban J connectivity index is 1.90. The van der Waals surface area contributed by atoms with Crippen LogP contribution in [0.25, 0.3) is 0 Å². The summed E-state index contributed by atoms with van der Waals surface area (Å²) in [6.45, 7) is 2.94. The molecule has 0 aliphatic carbocycles. The maximum absolute atomic E-state index is 12.6. The highest BCUT2D eigenvalue weighted by atomic mass is 127. The molecule has 98 valence electrons. The average molecular weight is 383 g/mol. The van der Waals surface area contributed by atoms with Crippen molar-refractivity contribution in [1.82, 2.24) is 4.90 Å². The van der Waals surface area contributed by atoms with E-state index >= 15 is 0 Å². The Labute approximate surface area is 130 Å². The van der Waals surface area contributed by atoms with E-state index in [4.69, 9.17) is 0 Å². The van der Waals surface area contributed by atoms with E-state index in [1.807, 2.05) is 29.2 Å². The van der Waals surface area contributed by atoms with Gasteiger partial charge in [-0.3, -0.25) is 4.79 Å². The van der Waals surface area contributed by atoms with E-state index in [9.17, 15) is 4.79 Å². The van der Waals surface area contributed by atoms with E-state index in [0.717, 1.165) is 22.1 Å². The van der Waals surface area contributed by atoms with Crippen LogP contribution >= 0.6 is 33.9 Å². The number of carbonyl (C=O) groups is 1. The second-order valence-corrected chi connectivity index (χ2v) is 6.98. The summed E-state index contributed by atoms with van der Waals surface area (Å²) in [7, 11) is 0. The van der Waals surface area contributed by atoms with Crippen molar-refractivity contribution >= 4 is 39.8 Å². The highest BCUT2D eigenvalue weighted by Gasteiger charge is 2.28. The third-order valence-electron chi connectivity index (χ3n) is 3.61. The van der Waals surface area contributed by atoms with Gasteiger partial charge in [-0.15, -0.1) is 11.3 Å². The molecule has 1 aliphatic heterocycles. The van der Waals surface area contributed by atoms with Crippen LogP contribution in [0.15, 0.2) is 35.7 Å². The first-order chi connectivity index (χ1) is 9.16. The Bertz CT molecular complexity index is 622. The van der Waals surface area contributed by atoms with Gasteiger partial charge < -0.3 is 4.90 Å². The summed E-state index contributed by atoms with van der Waals surface area (Å²) < 4.78 is 1.10. The summed E-state index contributed by atoms with van der Waals surface area (Å²) in [6.07, 6.45) is 0.979. The normalized spacial score (nSPS) is 18.2. The van der Waals surface area contributed by atoms with Crippen molar-refractivity contribution in [2.45, 2.75) is 19.4 Å². The first kappa shape index (κ1) is 13.1. The van der Waals surface area contributed by atoms with Crippen molar-refractivity contribution in [3.63, 3.8) is 0 Å². The van der Waals surface area contributed by atoms with Crippen molar-refractivity contribution in [2.24, 2.45) is 0 Å². The van der Waals surface area contributed by atoms with Gasteiger partial charge in [-0.1, -0.05) is 6.07 Å². The highest BCUT2D eigenvalue weighted by Crippen LogP contribution is 2.33. The van der Waals surface area contributed by atoms with E-state index in [0.29, 0.717) is 0 Å². The molecule has 2 aromatic rings. The zero-order valence-electron chi connectivity index (χ0n) is 10.6. The number of halogens is 1. The van der Waals surface area contributed by atoms with Crippen molar-refractivity contribution in [3.8, 4) is 0 Å². The van der Waals surface area contributed by atoms with Crippen molar-refractivity contribution in [1.29, 1.82) is 0 Å². The van der Waals surface area contributed by atoms with Crippen LogP contribution in [-0.2, 0) is 6.42 Å². The SMILES string of the molecule is C[C@@H]1c2ccsc2CCN1C(=O)c1cccc(I)c1. The molecule has 1 atom stereocenters. The Hall–Kier alpha value is -0.880. The molecule has 0 spiro atoms. The molecule has 3 rings (SSSR count). The average Bonchev–Trinajstić information content (AvgIpc) is 2.88. The van der Waals surface area contributed by atoms with Gasteiger partial charge in [0.05, 0.1) is 6.04 Å². The lowest BCUT2D eigenvalue weighted by Crippen LogP contribution is -2.38. The minimum Gasteiger partial charge on any atom is -0.331 e. The molecule has 1 amide bonds. The van der Waals surface area contributed by atoms with Gasteiger partial charge in [0.15, 0.2) is 0 Å². The summed E-state index contributed by atoms with van der Waals surface area (Å²) in [4.78, 5) is 16.0. The largest absolute Gasteiger partial charge is 0.331 e. The molecule has 0 fully saturated rings. The predicted octanol–water partition coefficient (Wildman–Crippen LogP) is 4.11. The third kappa shape index (κ3) is 2.43. The minimum absolute atomic E-state index is 0.142. The number of rotatable bonds is 1. The standard InChI is InChI=1S/C15H14INOS/c1-10-13-6-8-19-14(13)5-7-17(10)15(18)11-3-2-4-12(16)9-11/h2-4,6,8-10H,5,7H2,1H3/t10-/m1/s1. The highest BCUT2D eigenvalue weighted by molar-refractivity contribution is 14.1. The Morgan fingerprint density at radius 1 is 1.42 bits per heavy atom. The lowest BCUT2D eigenvalue weighted by molar-refractivity contribution is 0.0679. The van der Waals surface area contributed by atoms with E-state index < -0.39 is 0 Å². The monoisotopic (exact) mass is 383 g/mol. The molecule has 19 heavy (non-hydrogen) atoms. The summed E-state index contributed by atoms with van der Waals surface area (Å²) >= 11 is 4.05. The molecule has 1 aromatic heterocycles. The van der Waals surface area contributed by atoms with Crippen LogP contribution in [0, 0.1) is 3.57 Å². The molecule has 0 bridgehead atoms. The van der Waals surface area contributed by atoms with Crippen molar-refractivity contribution in [2.75, 3.05) is 6.54 Å². The molecule has 0 N–H and O–H groups in total. The van der Waals surface area contributed by atoms with Gasteiger partial charge in [-0.05, 0) is 71.1 Å². The van der Waals surface area contributed by atoms with Crippen LogP contribution in [0.2, 0.25) is 0 Å². The quantitative estimate of drug-likeness (QED) is 0.679. The Morgan fingerprint density at radius 3 is 3.05 bits per heavy atom. The van der Waals surface area contributed by atoms with E-state index in [1.165, 1.54) is 10.4 Å². The maximum Gasteiger partial charge on any atom is 0.254 e. The van der Waals surface area contributed by atoms with Crippen LogP contribution in [0.1, 0.15) is 33.8 Å². The Kier molecular flexibility index (Phi) is 3.62. The van der Waals surface area contributed by atoms with E-state index in [-0.39, 0.29) is 11.9 Å². The summed E-state index contributed by atoms with van der Waals surface area (Å²) in [5.41, 5.74) is 2.10. The zero-order valence-corrected chi connectivity index (χ0v) is 13.6. The fourth-order valence-corrected chi connectivity index (χ4v) is 4.08. The molecule has 2 nitrogen and oxygen atoms in total. The number of benzene rings is 1. The van der Waals surface area contributed by atoms with Gasteiger partial charge >= 0.3 is 0 Å². The molecule has 0 unspecified atom stereocenters. The van der Waals surface area contributed by atoms with Gasteiger partial charge in [0.1, 0.15) is 0 Å². The fourth-order valence-electron chi connectivity index (χ4n) is 2.57. The molecule has 0 radical (unpaired) electrons. The summed E-state index contributed by atoms with van der Waals surface area (Å²) in [5, 5.41) is 2.13. The second kappa shape index (κ2) is 5.25. The number of fused-ring (bicyclic) bond motifs is 1. The molecular formula is C15H14INOS. The topological polar surface area (TPSA) is 20.3 Å². The van der Waals surface area contributed by atoms with Crippen LogP contribution in [0.3, 0.4) is 0 Å². The van der Waals surface area contributed by atoms with Gasteiger partial charge in [0.2, 0.25) is 0 Å². The van der Waals surface area contributed by atoms with E-state index in [1.54, 1.807) is 11.3 Å². The second-order valence-electron chi connectivity index (χ2n) is 4.73. The molecule has 0 saturated carbocycles. The molecule has 0 saturated heterocycles. The molecule has 4 heteroatoms. The van der Waals surface area contributed by atoms with E-state index in [2.05, 4.69) is 41.0 Å². The molecule has 1 aliphatic rings. The summed E-state index contributed by atoms with van der Waals surface area (Å²) in [6, 6.07) is 10.1. The number of amides is 1. The number of carbonyl (C=O) groups excluding carboxylic acids is 1.